The third-order valence-corrected chi connectivity index (χ3v) is 7.95. The van der Waals surface area contributed by atoms with Crippen molar-refractivity contribution in [2.24, 2.45) is 4.99 Å². The minimum atomic E-state index is -3.59. The quantitative estimate of drug-likeness (QED) is 0.443. The summed E-state index contributed by atoms with van der Waals surface area (Å²) < 4.78 is 30.3. The maximum Gasteiger partial charge on any atom is 0.248 e. The van der Waals surface area contributed by atoms with Crippen LogP contribution in [0, 0.1) is 0 Å². The van der Waals surface area contributed by atoms with E-state index in [1.54, 1.807) is 11.9 Å². The molecule has 1 aromatic heterocycles. The van der Waals surface area contributed by atoms with E-state index in [0.717, 1.165) is 41.4 Å². The number of hydrogen-bond acceptors (Lipinski definition) is 8. The Kier molecular flexibility index (Phi) is 8.92. The van der Waals surface area contributed by atoms with E-state index >= 15 is 0 Å². The largest absolute Gasteiger partial charge is 0.370 e. The summed E-state index contributed by atoms with van der Waals surface area (Å²) in [5.41, 5.74) is 2.03. The maximum atomic E-state index is 12.3. The smallest absolute Gasteiger partial charge is 0.248 e. The number of carbonyl (C=O) groups is 1. The number of amides is 1. The Balaban J connectivity index is 1.34. The number of nitrogens with one attached hydrogen (secondary N) is 2. The van der Waals surface area contributed by atoms with Gasteiger partial charge < -0.3 is 20.3 Å². The second kappa shape index (κ2) is 11.4. The summed E-state index contributed by atoms with van der Waals surface area (Å²) in [6.45, 7) is 2.48. The van der Waals surface area contributed by atoms with Crippen LogP contribution in [-0.2, 0) is 25.9 Å². The van der Waals surface area contributed by atoms with Gasteiger partial charge in [-0.3, -0.25) is 9.79 Å². The first-order valence-corrected chi connectivity index (χ1v) is 13.1. The average molecular weight is 519 g/mol. The van der Waals surface area contributed by atoms with Crippen LogP contribution in [-0.4, -0.2) is 70.8 Å². The Morgan fingerprint density at radius 3 is 2.69 bits per heavy atom. The minimum absolute atomic E-state index is 0.0138. The number of carbonyl (C=O) groups excluding carboxylic acids is 1. The SMILES string of the molecule is CN(Cc1ccc(C2=NCCN2)cc1)C(=O)COCCNCS(=O)(=O)c1cc(Cl)sc1Cl. The molecule has 8 nitrogen and oxygen atoms in total. The molecule has 3 rings (SSSR count). The summed E-state index contributed by atoms with van der Waals surface area (Å²) in [5.74, 6) is 0.441. The number of rotatable bonds is 11. The third-order valence-electron chi connectivity index (χ3n) is 4.65. The molecule has 0 unspecified atom stereocenters. The predicted octanol–water partition coefficient (Wildman–Crippen LogP) is 2.40. The second-order valence-corrected chi connectivity index (χ2v) is 11.3. The number of amidine groups is 1. The lowest BCUT2D eigenvalue weighted by Crippen LogP contribution is -2.32. The molecule has 0 spiro atoms. The fourth-order valence-corrected chi connectivity index (χ4v) is 6.34. The van der Waals surface area contributed by atoms with Gasteiger partial charge in [0.05, 0.1) is 22.4 Å². The van der Waals surface area contributed by atoms with Crippen LogP contribution in [0.2, 0.25) is 8.67 Å². The van der Waals surface area contributed by atoms with Crippen molar-refractivity contribution in [1.29, 1.82) is 0 Å². The molecule has 174 valence electrons. The van der Waals surface area contributed by atoms with E-state index in [1.807, 2.05) is 24.3 Å². The van der Waals surface area contributed by atoms with Crippen LogP contribution >= 0.6 is 34.5 Å². The van der Waals surface area contributed by atoms with Crippen molar-refractivity contribution in [2.75, 3.05) is 45.8 Å². The van der Waals surface area contributed by atoms with Crippen molar-refractivity contribution < 1.29 is 17.9 Å². The molecule has 32 heavy (non-hydrogen) atoms. The van der Waals surface area contributed by atoms with Gasteiger partial charge in [0.2, 0.25) is 5.91 Å². The van der Waals surface area contributed by atoms with Crippen LogP contribution in [0.1, 0.15) is 11.1 Å². The fraction of sp³-hybridized carbons (Fsp3) is 0.400. The first kappa shape index (κ1) is 24.9. The first-order chi connectivity index (χ1) is 15.3. The average Bonchev–Trinajstić information content (AvgIpc) is 3.40. The molecule has 0 aliphatic carbocycles. The number of halogens is 2. The summed E-state index contributed by atoms with van der Waals surface area (Å²) >= 11 is 12.7. The molecule has 0 radical (unpaired) electrons. The predicted molar refractivity (Wildman–Crippen MR) is 128 cm³/mol. The van der Waals surface area contributed by atoms with E-state index in [2.05, 4.69) is 15.6 Å². The lowest BCUT2D eigenvalue weighted by molar-refractivity contribution is -0.135. The van der Waals surface area contributed by atoms with Crippen LogP contribution in [0.4, 0.5) is 0 Å². The molecule has 0 bridgehead atoms. The monoisotopic (exact) mass is 518 g/mol. The molecule has 0 saturated carbocycles. The summed E-state index contributed by atoms with van der Waals surface area (Å²) in [6, 6.07) is 9.25. The Morgan fingerprint density at radius 1 is 1.31 bits per heavy atom. The number of ether oxygens (including phenoxy) is 1. The van der Waals surface area contributed by atoms with Crippen LogP contribution in [0.15, 0.2) is 40.2 Å². The maximum absolute atomic E-state index is 12.3. The van der Waals surface area contributed by atoms with Gasteiger partial charge in [0, 0.05) is 32.2 Å². The van der Waals surface area contributed by atoms with Gasteiger partial charge in [-0.05, 0) is 11.6 Å². The number of sulfone groups is 1. The van der Waals surface area contributed by atoms with Gasteiger partial charge in [-0.15, -0.1) is 11.3 Å². The Hall–Kier alpha value is -1.69. The molecular formula is C20H24Cl2N4O4S2. The number of aliphatic imine (C=N–C) groups is 1. The molecule has 2 N–H and O–H groups in total. The zero-order valence-electron chi connectivity index (χ0n) is 17.4. The fourth-order valence-electron chi connectivity index (χ4n) is 2.96. The lowest BCUT2D eigenvalue weighted by atomic mass is 10.1. The zero-order valence-corrected chi connectivity index (χ0v) is 20.6. The lowest BCUT2D eigenvalue weighted by Gasteiger charge is -2.17. The molecule has 2 heterocycles. The molecular weight excluding hydrogens is 495 g/mol. The van der Waals surface area contributed by atoms with E-state index in [0.29, 0.717) is 10.9 Å². The number of nitrogens with zero attached hydrogens (tertiary/aromatic N) is 2. The molecule has 2 aromatic rings. The normalized spacial score (nSPS) is 13.7. The van der Waals surface area contributed by atoms with Gasteiger partial charge in [-0.25, -0.2) is 8.42 Å². The van der Waals surface area contributed by atoms with E-state index in [4.69, 9.17) is 27.9 Å². The molecule has 0 atom stereocenters. The van der Waals surface area contributed by atoms with Crippen LogP contribution in [0.5, 0.6) is 0 Å². The molecule has 1 amide bonds. The highest BCUT2D eigenvalue weighted by Gasteiger charge is 2.20. The Labute approximate surface area is 201 Å². The summed E-state index contributed by atoms with van der Waals surface area (Å²) in [7, 11) is -1.88. The van der Waals surface area contributed by atoms with Gasteiger partial charge in [0.25, 0.3) is 0 Å². The number of hydrogen-bond donors (Lipinski definition) is 2. The third kappa shape index (κ3) is 6.90. The van der Waals surface area contributed by atoms with Crippen LogP contribution in [0.25, 0.3) is 0 Å². The minimum Gasteiger partial charge on any atom is -0.370 e. The van der Waals surface area contributed by atoms with Crippen molar-refractivity contribution in [1.82, 2.24) is 15.5 Å². The molecule has 0 saturated heterocycles. The number of benzene rings is 1. The van der Waals surface area contributed by atoms with Crippen molar-refractivity contribution in [3.8, 4) is 0 Å². The Bertz CT molecular complexity index is 1070. The second-order valence-electron chi connectivity index (χ2n) is 7.10. The van der Waals surface area contributed by atoms with Crippen LogP contribution in [0.3, 0.4) is 0 Å². The highest BCUT2D eigenvalue weighted by Crippen LogP contribution is 2.34. The topological polar surface area (TPSA) is 100 Å². The van der Waals surface area contributed by atoms with Crippen molar-refractivity contribution >= 4 is 56.1 Å². The van der Waals surface area contributed by atoms with Gasteiger partial charge in [-0.1, -0.05) is 47.5 Å². The van der Waals surface area contributed by atoms with Crippen molar-refractivity contribution in [3.63, 3.8) is 0 Å². The standard InChI is InChI=1S/C20H24Cl2N4O4S2/c1-26(11-14-2-4-15(5-3-14)20-24-6-7-25-20)18(27)12-30-9-8-23-13-32(28,29)16-10-17(21)31-19(16)22/h2-5,10,23H,6-9,11-13H2,1H3,(H,24,25). The van der Waals surface area contributed by atoms with E-state index < -0.39 is 9.84 Å². The summed E-state index contributed by atoms with van der Waals surface area (Å²) in [6.07, 6.45) is 0. The molecule has 1 aromatic carbocycles. The van der Waals surface area contributed by atoms with Gasteiger partial charge in [-0.2, -0.15) is 0 Å². The van der Waals surface area contributed by atoms with Gasteiger partial charge >= 0.3 is 0 Å². The van der Waals surface area contributed by atoms with Crippen molar-refractivity contribution in [2.45, 2.75) is 11.4 Å². The first-order valence-electron chi connectivity index (χ1n) is 9.84. The number of likely N-dealkylation sites (N-methyl/N-ethyl adjacent to an activating group) is 1. The van der Waals surface area contributed by atoms with E-state index in [-0.39, 0.29) is 40.8 Å². The number of thiophene rings is 1. The zero-order chi connectivity index (χ0) is 23.1. The van der Waals surface area contributed by atoms with E-state index in [1.165, 1.54) is 6.07 Å². The van der Waals surface area contributed by atoms with Crippen LogP contribution < -0.4 is 10.6 Å². The molecule has 1 aliphatic rings. The molecule has 12 heteroatoms. The van der Waals surface area contributed by atoms with Gasteiger partial charge in [0.15, 0.2) is 9.84 Å². The Morgan fingerprint density at radius 2 is 2.06 bits per heavy atom. The molecule has 1 aliphatic heterocycles. The summed E-state index contributed by atoms with van der Waals surface area (Å²) in [4.78, 5) is 18.3. The van der Waals surface area contributed by atoms with E-state index in [9.17, 15) is 13.2 Å². The highest BCUT2D eigenvalue weighted by atomic mass is 35.5. The van der Waals surface area contributed by atoms with Gasteiger partial charge in [0.1, 0.15) is 22.7 Å². The highest BCUT2D eigenvalue weighted by molar-refractivity contribution is 7.91. The summed E-state index contributed by atoms with van der Waals surface area (Å²) in [5, 5.41) is 6.01. The molecule has 0 fully saturated rings. The van der Waals surface area contributed by atoms with Crippen molar-refractivity contribution in [3.05, 3.63) is 50.1 Å².